The Morgan fingerprint density at radius 1 is 1.18 bits per heavy atom. The Morgan fingerprint density at radius 3 is 2.35 bits per heavy atom. The molecule has 2 aliphatic rings. The van der Waals surface area contributed by atoms with Crippen LogP contribution in [0.2, 0.25) is 0 Å². The van der Waals surface area contributed by atoms with Crippen molar-refractivity contribution in [3.8, 4) is 0 Å². The smallest absolute Gasteiger partial charge is 0.00729 e. The molecule has 2 aliphatic carbocycles. The maximum atomic E-state index is 3.78. The first-order chi connectivity index (χ1) is 7.88. The Kier molecular flexibility index (Phi) is 3.68. The molecule has 0 aromatic heterocycles. The second kappa shape index (κ2) is 4.76. The molecule has 0 aromatic rings. The highest BCUT2D eigenvalue weighted by Gasteiger charge is 2.38. The van der Waals surface area contributed by atoms with Crippen molar-refractivity contribution in [3.63, 3.8) is 0 Å². The zero-order valence-corrected chi connectivity index (χ0v) is 12.2. The molecule has 1 nitrogen and oxygen atoms in total. The molecule has 0 spiro atoms. The van der Waals surface area contributed by atoms with Gasteiger partial charge in [0.05, 0.1) is 0 Å². The fourth-order valence-corrected chi connectivity index (χ4v) is 3.22. The Labute approximate surface area is 107 Å². The van der Waals surface area contributed by atoms with Gasteiger partial charge in [0.15, 0.2) is 0 Å². The Morgan fingerprint density at radius 2 is 1.88 bits per heavy atom. The highest BCUT2D eigenvalue weighted by atomic mass is 14.9. The Balaban J connectivity index is 1.78. The fraction of sp³-hybridized carbons (Fsp3) is 0.875. The van der Waals surface area contributed by atoms with Gasteiger partial charge >= 0.3 is 0 Å². The molecule has 0 saturated heterocycles. The summed E-state index contributed by atoms with van der Waals surface area (Å²) >= 11 is 0. The van der Waals surface area contributed by atoms with Crippen molar-refractivity contribution in [2.24, 2.45) is 29.1 Å². The topological polar surface area (TPSA) is 12.0 Å². The molecule has 17 heavy (non-hydrogen) atoms. The van der Waals surface area contributed by atoms with Crippen LogP contribution in [-0.4, -0.2) is 12.6 Å². The van der Waals surface area contributed by atoms with Crippen molar-refractivity contribution in [1.82, 2.24) is 5.32 Å². The summed E-state index contributed by atoms with van der Waals surface area (Å²) in [7, 11) is 0. The van der Waals surface area contributed by atoms with Crippen molar-refractivity contribution < 1.29 is 0 Å². The molecule has 0 aromatic carbocycles. The molecule has 1 fully saturated rings. The summed E-state index contributed by atoms with van der Waals surface area (Å²) in [5.41, 5.74) is 0.418. The Hall–Kier alpha value is -0.300. The van der Waals surface area contributed by atoms with Gasteiger partial charge in [-0.3, -0.25) is 0 Å². The fourth-order valence-electron chi connectivity index (χ4n) is 3.22. The Bertz CT molecular complexity index is 286. The molecule has 1 N–H and O–H groups in total. The molecule has 1 saturated carbocycles. The van der Waals surface area contributed by atoms with Crippen LogP contribution in [0.4, 0.5) is 0 Å². The SMILES string of the molecule is CC(NCC(C)C(C)(C)C)C1CC2C=CC1C2. The summed E-state index contributed by atoms with van der Waals surface area (Å²) in [4.78, 5) is 0. The van der Waals surface area contributed by atoms with E-state index in [2.05, 4.69) is 52.1 Å². The third-order valence-corrected chi connectivity index (χ3v) is 5.20. The lowest BCUT2D eigenvalue weighted by Gasteiger charge is -2.32. The van der Waals surface area contributed by atoms with Crippen molar-refractivity contribution >= 4 is 0 Å². The van der Waals surface area contributed by atoms with Crippen LogP contribution in [0, 0.1) is 29.1 Å². The van der Waals surface area contributed by atoms with Crippen molar-refractivity contribution in [3.05, 3.63) is 12.2 Å². The third kappa shape index (κ3) is 2.93. The zero-order valence-electron chi connectivity index (χ0n) is 12.2. The molecular formula is C16H29N. The van der Waals surface area contributed by atoms with Gasteiger partial charge in [0.2, 0.25) is 0 Å². The van der Waals surface area contributed by atoms with Gasteiger partial charge in [0.1, 0.15) is 0 Å². The molecule has 2 bridgehead atoms. The van der Waals surface area contributed by atoms with Crippen LogP contribution in [0.25, 0.3) is 0 Å². The molecule has 98 valence electrons. The first kappa shape index (κ1) is 13.1. The quantitative estimate of drug-likeness (QED) is 0.730. The minimum Gasteiger partial charge on any atom is -0.314 e. The van der Waals surface area contributed by atoms with Crippen LogP contribution in [0.5, 0.6) is 0 Å². The highest BCUT2D eigenvalue weighted by molar-refractivity contribution is 5.11. The van der Waals surface area contributed by atoms with E-state index in [4.69, 9.17) is 0 Å². The van der Waals surface area contributed by atoms with Gasteiger partial charge < -0.3 is 5.32 Å². The van der Waals surface area contributed by atoms with Gasteiger partial charge in [0.25, 0.3) is 0 Å². The molecule has 2 rings (SSSR count). The number of nitrogens with one attached hydrogen (secondary N) is 1. The van der Waals surface area contributed by atoms with E-state index < -0.39 is 0 Å². The minimum atomic E-state index is 0.418. The molecule has 1 heteroatoms. The lowest BCUT2D eigenvalue weighted by Crippen LogP contribution is -2.40. The van der Waals surface area contributed by atoms with E-state index in [1.54, 1.807) is 0 Å². The first-order valence-electron chi connectivity index (χ1n) is 7.29. The van der Waals surface area contributed by atoms with E-state index in [1.807, 2.05) is 0 Å². The first-order valence-corrected chi connectivity index (χ1v) is 7.29. The number of hydrogen-bond acceptors (Lipinski definition) is 1. The average molecular weight is 235 g/mol. The second-order valence-electron chi connectivity index (χ2n) is 7.41. The van der Waals surface area contributed by atoms with Crippen LogP contribution in [0.1, 0.15) is 47.5 Å². The standard InChI is InChI=1S/C16H29N/c1-11(16(3,4)5)10-17-12(2)15-9-13-6-7-14(15)8-13/h6-7,11-15,17H,8-10H2,1-5H3. The highest BCUT2D eigenvalue weighted by Crippen LogP contribution is 2.44. The average Bonchev–Trinajstić information content (AvgIpc) is 2.85. The number of fused-ring (bicyclic) bond motifs is 2. The zero-order chi connectivity index (χ0) is 12.6. The van der Waals surface area contributed by atoms with E-state index in [0.717, 1.165) is 30.2 Å². The molecular weight excluding hydrogens is 206 g/mol. The van der Waals surface area contributed by atoms with Crippen molar-refractivity contribution in [2.45, 2.75) is 53.5 Å². The maximum Gasteiger partial charge on any atom is 0.00729 e. The van der Waals surface area contributed by atoms with E-state index >= 15 is 0 Å². The van der Waals surface area contributed by atoms with Gasteiger partial charge in [-0.1, -0.05) is 39.8 Å². The predicted octanol–water partition coefficient (Wildman–Crippen LogP) is 3.86. The molecule has 5 unspecified atom stereocenters. The number of allylic oxidation sites excluding steroid dienone is 2. The predicted molar refractivity (Wildman–Crippen MR) is 74.9 cm³/mol. The third-order valence-electron chi connectivity index (χ3n) is 5.20. The van der Waals surface area contributed by atoms with Gasteiger partial charge in [-0.05, 0) is 55.4 Å². The van der Waals surface area contributed by atoms with E-state index in [1.165, 1.54) is 12.8 Å². The van der Waals surface area contributed by atoms with Crippen molar-refractivity contribution in [2.75, 3.05) is 6.54 Å². The molecule has 0 heterocycles. The van der Waals surface area contributed by atoms with E-state index in [9.17, 15) is 0 Å². The minimum absolute atomic E-state index is 0.418. The summed E-state index contributed by atoms with van der Waals surface area (Å²) in [6, 6.07) is 0.680. The van der Waals surface area contributed by atoms with Crippen LogP contribution in [0.15, 0.2) is 12.2 Å². The summed E-state index contributed by atoms with van der Waals surface area (Å²) in [5, 5.41) is 3.78. The van der Waals surface area contributed by atoms with Gasteiger partial charge in [0, 0.05) is 6.04 Å². The van der Waals surface area contributed by atoms with Gasteiger partial charge in [-0.25, -0.2) is 0 Å². The largest absolute Gasteiger partial charge is 0.314 e. The summed E-state index contributed by atoms with van der Waals surface area (Å²) in [6.45, 7) is 12.9. The second-order valence-corrected chi connectivity index (χ2v) is 7.41. The molecule has 0 radical (unpaired) electrons. The van der Waals surface area contributed by atoms with Crippen LogP contribution >= 0.6 is 0 Å². The monoisotopic (exact) mass is 235 g/mol. The normalized spacial score (nSPS) is 35.2. The van der Waals surface area contributed by atoms with E-state index in [0.29, 0.717) is 11.5 Å². The van der Waals surface area contributed by atoms with Crippen LogP contribution in [-0.2, 0) is 0 Å². The van der Waals surface area contributed by atoms with Gasteiger partial charge in [-0.15, -0.1) is 0 Å². The maximum absolute atomic E-state index is 3.78. The summed E-state index contributed by atoms with van der Waals surface area (Å²) in [5.74, 6) is 3.39. The van der Waals surface area contributed by atoms with Crippen molar-refractivity contribution in [1.29, 1.82) is 0 Å². The number of hydrogen-bond donors (Lipinski definition) is 1. The van der Waals surface area contributed by atoms with E-state index in [-0.39, 0.29) is 0 Å². The molecule has 0 amide bonds. The van der Waals surface area contributed by atoms with Crippen LogP contribution < -0.4 is 5.32 Å². The molecule has 5 atom stereocenters. The number of rotatable bonds is 4. The van der Waals surface area contributed by atoms with Gasteiger partial charge in [-0.2, -0.15) is 0 Å². The van der Waals surface area contributed by atoms with Crippen LogP contribution in [0.3, 0.4) is 0 Å². The summed E-state index contributed by atoms with van der Waals surface area (Å²) < 4.78 is 0. The summed E-state index contributed by atoms with van der Waals surface area (Å²) in [6.07, 6.45) is 7.74. The lowest BCUT2D eigenvalue weighted by molar-refractivity contribution is 0.229. The lowest BCUT2D eigenvalue weighted by atomic mass is 9.81. The molecule has 0 aliphatic heterocycles.